The molecular formula is C7H12F2N4. The van der Waals surface area contributed by atoms with Crippen molar-refractivity contribution < 1.29 is 8.78 Å². The molecule has 0 radical (unpaired) electrons. The lowest BCUT2D eigenvalue weighted by Gasteiger charge is -1.96. The summed E-state index contributed by atoms with van der Waals surface area (Å²) in [6.45, 7) is 0.178. The fourth-order valence-electron chi connectivity index (χ4n) is 0.967. The zero-order valence-electron chi connectivity index (χ0n) is 7.16. The van der Waals surface area contributed by atoms with Crippen molar-refractivity contribution in [2.24, 2.45) is 5.73 Å². The number of aromatic nitrogens is 3. The summed E-state index contributed by atoms with van der Waals surface area (Å²) in [5.74, 6) is 0. The van der Waals surface area contributed by atoms with Crippen molar-refractivity contribution in [1.29, 1.82) is 0 Å². The molecule has 0 spiro atoms. The van der Waals surface area contributed by atoms with Crippen molar-refractivity contribution in [3.63, 3.8) is 0 Å². The van der Waals surface area contributed by atoms with Crippen LogP contribution in [0.25, 0.3) is 0 Å². The molecule has 0 saturated carbocycles. The lowest BCUT2D eigenvalue weighted by molar-refractivity contribution is 0.121. The van der Waals surface area contributed by atoms with Crippen LogP contribution in [0.15, 0.2) is 6.20 Å². The van der Waals surface area contributed by atoms with Crippen LogP contribution >= 0.6 is 0 Å². The molecule has 13 heavy (non-hydrogen) atoms. The number of rotatable bonds is 5. The van der Waals surface area contributed by atoms with Gasteiger partial charge in [0, 0.05) is 6.20 Å². The highest BCUT2D eigenvalue weighted by Gasteiger charge is 2.06. The molecule has 0 aromatic carbocycles. The Kier molecular flexibility index (Phi) is 3.75. The fraction of sp³-hybridized carbons (Fsp3) is 0.714. The largest absolute Gasteiger partial charge is 0.330 e. The van der Waals surface area contributed by atoms with Crippen LogP contribution < -0.4 is 5.73 Å². The van der Waals surface area contributed by atoms with E-state index >= 15 is 0 Å². The molecule has 4 nitrogen and oxygen atoms in total. The Labute approximate surface area is 74.7 Å². The Bertz CT molecular complexity index is 248. The van der Waals surface area contributed by atoms with Crippen LogP contribution in [0, 0.1) is 0 Å². The summed E-state index contributed by atoms with van der Waals surface area (Å²) < 4.78 is 24.9. The van der Waals surface area contributed by atoms with Gasteiger partial charge in [-0.25, -0.2) is 13.5 Å². The monoisotopic (exact) mass is 190 g/mol. The molecule has 0 unspecified atom stereocenters. The molecule has 0 saturated heterocycles. The molecule has 6 heteroatoms. The first-order chi connectivity index (χ1) is 6.22. The molecule has 0 amide bonds. The minimum Gasteiger partial charge on any atom is -0.330 e. The van der Waals surface area contributed by atoms with E-state index in [2.05, 4.69) is 10.3 Å². The van der Waals surface area contributed by atoms with Gasteiger partial charge in [0.2, 0.25) is 0 Å². The maximum absolute atomic E-state index is 11.9. The van der Waals surface area contributed by atoms with Gasteiger partial charge < -0.3 is 5.73 Å². The van der Waals surface area contributed by atoms with Gasteiger partial charge in [0.25, 0.3) is 6.43 Å². The van der Waals surface area contributed by atoms with Crippen molar-refractivity contribution in [3.05, 3.63) is 11.9 Å². The molecule has 0 aliphatic rings. The second kappa shape index (κ2) is 4.86. The molecule has 0 bridgehead atoms. The Balaban J connectivity index is 2.44. The van der Waals surface area contributed by atoms with Gasteiger partial charge in [-0.1, -0.05) is 5.21 Å². The van der Waals surface area contributed by atoms with Gasteiger partial charge in [0.15, 0.2) is 0 Å². The van der Waals surface area contributed by atoms with Gasteiger partial charge >= 0.3 is 0 Å². The van der Waals surface area contributed by atoms with Gasteiger partial charge in [-0.05, 0) is 19.4 Å². The summed E-state index contributed by atoms with van der Waals surface area (Å²) in [6, 6.07) is 0. The maximum atomic E-state index is 11.9. The third-order valence-corrected chi connectivity index (χ3v) is 1.55. The van der Waals surface area contributed by atoms with Gasteiger partial charge in [-0.3, -0.25) is 0 Å². The first-order valence-corrected chi connectivity index (χ1v) is 4.09. The average Bonchev–Trinajstić information content (AvgIpc) is 2.48. The number of aryl methyl sites for hydroxylation is 1. The van der Waals surface area contributed by atoms with Crippen LogP contribution in [-0.4, -0.2) is 28.0 Å². The Morgan fingerprint density at radius 3 is 2.92 bits per heavy atom. The number of nitrogens with two attached hydrogens (primary N) is 1. The highest BCUT2D eigenvalue weighted by atomic mass is 19.3. The third kappa shape index (κ3) is 3.45. The van der Waals surface area contributed by atoms with Crippen molar-refractivity contribution in [1.82, 2.24) is 15.0 Å². The SMILES string of the molecule is NCCCc1cn(CC(F)F)nn1. The number of alkyl halides is 2. The van der Waals surface area contributed by atoms with Gasteiger partial charge in [0.05, 0.1) is 5.69 Å². The third-order valence-electron chi connectivity index (χ3n) is 1.55. The molecule has 1 aromatic rings. The molecule has 1 rings (SSSR count). The van der Waals surface area contributed by atoms with Crippen LogP contribution in [0.3, 0.4) is 0 Å². The van der Waals surface area contributed by atoms with Crippen LogP contribution in [0.4, 0.5) is 8.78 Å². The lowest BCUT2D eigenvalue weighted by atomic mass is 10.2. The van der Waals surface area contributed by atoms with E-state index in [1.165, 1.54) is 6.20 Å². The summed E-state index contributed by atoms with van der Waals surface area (Å²) in [4.78, 5) is 0. The minimum absolute atomic E-state index is 0.393. The predicted octanol–water partition coefficient (Wildman–Crippen LogP) is 0.434. The summed E-state index contributed by atoms with van der Waals surface area (Å²) in [7, 11) is 0. The number of hydrogen-bond acceptors (Lipinski definition) is 3. The highest BCUT2D eigenvalue weighted by molar-refractivity contribution is 4.92. The summed E-state index contributed by atoms with van der Waals surface area (Å²) in [5.41, 5.74) is 6.00. The van der Waals surface area contributed by atoms with E-state index in [-0.39, 0.29) is 0 Å². The predicted molar refractivity (Wildman–Crippen MR) is 43.4 cm³/mol. The molecule has 1 aromatic heterocycles. The van der Waals surface area contributed by atoms with E-state index in [1.54, 1.807) is 0 Å². The molecule has 0 aliphatic heterocycles. The first-order valence-electron chi connectivity index (χ1n) is 4.09. The topological polar surface area (TPSA) is 56.7 Å². The maximum Gasteiger partial charge on any atom is 0.257 e. The Morgan fingerprint density at radius 1 is 1.54 bits per heavy atom. The zero-order chi connectivity index (χ0) is 9.68. The molecule has 0 aliphatic carbocycles. The van der Waals surface area contributed by atoms with Crippen LogP contribution in [-0.2, 0) is 13.0 Å². The van der Waals surface area contributed by atoms with E-state index in [4.69, 9.17) is 5.73 Å². The van der Waals surface area contributed by atoms with E-state index in [9.17, 15) is 8.78 Å². The second-order valence-corrected chi connectivity index (χ2v) is 2.72. The van der Waals surface area contributed by atoms with Crippen molar-refractivity contribution >= 4 is 0 Å². The quantitative estimate of drug-likeness (QED) is 0.732. The van der Waals surface area contributed by atoms with E-state index in [0.717, 1.165) is 11.1 Å². The normalized spacial score (nSPS) is 11.1. The fourth-order valence-corrected chi connectivity index (χ4v) is 0.967. The van der Waals surface area contributed by atoms with E-state index in [1.807, 2.05) is 0 Å². The minimum atomic E-state index is -2.39. The van der Waals surface area contributed by atoms with Gasteiger partial charge in [-0.15, -0.1) is 5.10 Å². The van der Waals surface area contributed by atoms with Gasteiger partial charge in [0.1, 0.15) is 6.54 Å². The number of hydrogen-bond donors (Lipinski definition) is 1. The number of halogens is 2. The molecule has 2 N–H and O–H groups in total. The van der Waals surface area contributed by atoms with E-state index in [0.29, 0.717) is 18.7 Å². The first kappa shape index (κ1) is 10.0. The zero-order valence-corrected chi connectivity index (χ0v) is 7.16. The van der Waals surface area contributed by atoms with Crippen LogP contribution in [0.1, 0.15) is 12.1 Å². The molecule has 0 fully saturated rings. The van der Waals surface area contributed by atoms with Crippen LogP contribution in [0.5, 0.6) is 0 Å². The van der Waals surface area contributed by atoms with Crippen molar-refractivity contribution in [2.45, 2.75) is 25.8 Å². The van der Waals surface area contributed by atoms with Gasteiger partial charge in [-0.2, -0.15) is 0 Å². The summed E-state index contributed by atoms with van der Waals surface area (Å²) >= 11 is 0. The Hall–Kier alpha value is -1.04. The van der Waals surface area contributed by atoms with Crippen molar-refractivity contribution in [3.8, 4) is 0 Å². The average molecular weight is 190 g/mol. The lowest BCUT2D eigenvalue weighted by Crippen LogP contribution is -2.06. The summed E-state index contributed by atoms with van der Waals surface area (Å²) in [5, 5.41) is 7.29. The Morgan fingerprint density at radius 2 is 2.31 bits per heavy atom. The summed E-state index contributed by atoms with van der Waals surface area (Å²) in [6.07, 6.45) is 0.638. The van der Waals surface area contributed by atoms with Crippen LogP contribution in [0.2, 0.25) is 0 Å². The smallest absolute Gasteiger partial charge is 0.257 e. The molecular weight excluding hydrogens is 178 g/mol. The molecule has 0 atom stereocenters. The standard InChI is InChI=1S/C7H12F2N4/c8-7(9)5-13-4-6(11-12-13)2-1-3-10/h4,7H,1-3,5,10H2. The molecule has 74 valence electrons. The van der Waals surface area contributed by atoms with Crippen molar-refractivity contribution in [2.75, 3.05) is 6.54 Å². The molecule has 1 heterocycles. The van der Waals surface area contributed by atoms with E-state index < -0.39 is 13.0 Å². The highest BCUT2D eigenvalue weighted by Crippen LogP contribution is 2.00. The second-order valence-electron chi connectivity index (χ2n) is 2.72. The number of nitrogens with zero attached hydrogens (tertiary/aromatic N) is 3.